The summed E-state index contributed by atoms with van der Waals surface area (Å²) in [5, 5.41) is 23.9. The average molecular weight is 1670 g/mol. The SMILES string of the molecule is Cc1ccccc1B(c1cccc2ccccc12)c1cc2c3cccc4c3c(cc2c2ccccc12)-c1ccc(N(c2ccccc2-c2ccccc2)c2cccc3c2oc2ccccc23)cc1O4.c1ccc(B(c2cccc3ccccc23)c2cc3c4cccc5c4c(cc3c3ccccc23)-c2ccc(N(c3ccccc3)c3cccc4c3oc3ccccc34)cc2O5)cc1. The molecule has 6 nitrogen and oxygen atoms in total. The van der Waals surface area contributed by atoms with Crippen LogP contribution >= 0.6 is 0 Å². The van der Waals surface area contributed by atoms with Gasteiger partial charge in [0.05, 0.1) is 28.4 Å². The van der Waals surface area contributed by atoms with Crippen LogP contribution in [0.4, 0.5) is 34.1 Å². The average Bonchev–Trinajstić information content (AvgIpc) is 1.16. The van der Waals surface area contributed by atoms with E-state index in [9.17, 15) is 0 Å². The van der Waals surface area contributed by atoms with E-state index in [-0.39, 0.29) is 13.4 Å². The monoisotopic (exact) mass is 1670 g/mol. The van der Waals surface area contributed by atoms with Gasteiger partial charge in [-0.1, -0.05) is 390 Å². The minimum absolute atomic E-state index is 0.00630. The molecular formula is C123H78B2N2O4. The highest BCUT2D eigenvalue weighted by atomic mass is 16.5. The van der Waals surface area contributed by atoms with Crippen LogP contribution in [-0.2, 0) is 0 Å². The van der Waals surface area contributed by atoms with E-state index in [0.717, 1.165) is 134 Å². The summed E-state index contributed by atoms with van der Waals surface area (Å²) in [4.78, 5) is 4.61. The van der Waals surface area contributed by atoms with Crippen molar-refractivity contribution in [3.63, 3.8) is 0 Å². The number of anilines is 6. The van der Waals surface area contributed by atoms with Gasteiger partial charge in [0, 0.05) is 66.8 Å². The predicted molar refractivity (Wildman–Crippen MR) is 553 cm³/mol. The Labute approximate surface area is 757 Å². The summed E-state index contributed by atoms with van der Waals surface area (Å²) in [6.45, 7) is 2.25. The molecule has 2 aromatic heterocycles. The van der Waals surface area contributed by atoms with Gasteiger partial charge in [0.15, 0.2) is 11.2 Å². The molecule has 0 fully saturated rings. The molecule has 0 unspecified atom stereocenters. The molecule has 2 aliphatic heterocycles. The molecule has 131 heavy (non-hydrogen) atoms. The van der Waals surface area contributed by atoms with Crippen LogP contribution in [-0.4, -0.2) is 13.4 Å². The van der Waals surface area contributed by atoms with E-state index >= 15 is 0 Å². The van der Waals surface area contributed by atoms with Crippen LogP contribution in [0.5, 0.6) is 23.0 Å². The Morgan fingerprint density at radius 2 is 0.595 bits per heavy atom. The minimum atomic E-state index is -0.00630. The summed E-state index contributed by atoms with van der Waals surface area (Å²) in [7, 11) is 0. The molecule has 25 aromatic rings. The second-order valence-corrected chi connectivity index (χ2v) is 34.6. The number of aryl methyl sites for hydroxylation is 1. The van der Waals surface area contributed by atoms with Gasteiger partial charge in [-0.25, -0.2) is 0 Å². The van der Waals surface area contributed by atoms with Crippen molar-refractivity contribution in [1.29, 1.82) is 0 Å². The van der Waals surface area contributed by atoms with Crippen molar-refractivity contribution in [2.45, 2.75) is 6.92 Å². The predicted octanol–water partition coefficient (Wildman–Crippen LogP) is 29.9. The fraction of sp³-hybridized carbons (Fsp3) is 0.00813. The van der Waals surface area contributed by atoms with Crippen LogP contribution in [0, 0.1) is 6.92 Å². The third-order valence-electron chi connectivity index (χ3n) is 27.5. The minimum Gasteiger partial charge on any atom is -0.456 e. The zero-order valence-electron chi connectivity index (χ0n) is 71.5. The maximum absolute atomic E-state index is 7.13. The van der Waals surface area contributed by atoms with Gasteiger partial charge in [-0.3, -0.25) is 0 Å². The number of nitrogens with zero attached hydrogens (tertiary/aromatic N) is 2. The first-order valence-corrected chi connectivity index (χ1v) is 45.1. The number of para-hydroxylation sites is 6. The van der Waals surface area contributed by atoms with Crippen molar-refractivity contribution in [1.82, 2.24) is 0 Å². The molecule has 0 saturated carbocycles. The topological polar surface area (TPSA) is 51.2 Å². The molecule has 0 saturated heterocycles. The highest BCUT2D eigenvalue weighted by Gasteiger charge is 2.34. The maximum Gasteiger partial charge on any atom is 0.243 e. The van der Waals surface area contributed by atoms with Crippen molar-refractivity contribution in [3.8, 4) is 56.4 Å². The number of ether oxygens (including phenoxy) is 2. The Kier molecular flexibility index (Phi) is 17.7. The molecule has 0 atom stereocenters. The molecule has 0 amide bonds. The standard InChI is InChI=1S/C65H42BNO2.C58H36BNO2/c1-41-18-5-12-30-56(41)66(57-31-15-22-42-21-6-7-23-45(42)57)58-40-54-51-28-17-35-62-64(51)55(39-53(54)47-25-8-9-26-48(47)58)50-37-36-44(38-63(50)68-62)67(59-32-13-10-24-46(59)43-19-3-2-4-20-43)60-33-16-29-52-49-27-11-14-34-61(49)69-65(52)60;1-3-18-38(19-4-1)59(51-28-13-17-37-16-7-8-22-41(37)51)52-36-49-46-26-15-31-55-57(46)50(35-48(49)42-23-9-10-24-43(42)52)45-33-32-40(34-56(45)61-55)60(39-20-5-2-6-21-39)53-29-14-27-47-44-25-11-12-30-54(44)62-58(47)53/h2-40H,1H3;1-36H. The van der Waals surface area contributed by atoms with Crippen LogP contribution in [0.1, 0.15) is 5.56 Å². The number of hydrogen-bond acceptors (Lipinski definition) is 6. The first kappa shape index (κ1) is 75.4. The molecule has 27 rings (SSSR count). The van der Waals surface area contributed by atoms with E-state index in [4.69, 9.17) is 18.3 Å². The Balaban J connectivity index is 0.000000138. The number of furan rings is 2. The molecule has 4 heterocycles. The van der Waals surface area contributed by atoms with Crippen molar-refractivity contribution in [3.05, 3.63) is 461 Å². The van der Waals surface area contributed by atoms with Gasteiger partial charge in [-0.15, -0.1) is 0 Å². The lowest BCUT2D eigenvalue weighted by atomic mass is 9.35. The van der Waals surface area contributed by atoms with Gasteiger partial charge >= 0.3 is 0 Å². The molecule has 0 radical (unpaired) electrons. The van der Waals surface area contributed by atoms with E-state index in [1.54, 1.807) is 0 Å². The number of fused-ring (bicyclic) bond motifs is 20. The number of rotatable bonds is 13. The van der Waals surface area contributed by atoms with Crippen LogP contribution < -0.4 is 52.1 Å². The summed E-state index contributed by atoms with van der Waals surface area (Å²) < 4.78 is 27.5. The van der Waals surface area contributed by atoms with Crippen LogP contribution in [0.3, 0.4) is 0 Å². The molecule has 0 N–H and O–H groups in total. The Hall–Kier alpha value is -16.9. The van der Waals surface area contributed by atoms with Gasteiger partial charge in [-0.05, 0) is 190 Å². The van der Waals surface area contributed by atoms with E-state index < -0.39 is 0 Å². The van der Waals surface area contributed by atoms with E-state index in [0.29, 0.717) is 0 Å². The van der Waals surface area contributed by atoms with Crippen molar-refractivity contribution in [2.75, 3.05) is 9.80 Å². The first-order chi connectivity index (χ1) is 64.9. The highest BCUT2D eigenvalue weighted by Crippen LogP contribution is 2.56. The van der Waals surface area contributed by atoms with Gasteiger partial charge < -0.3 is 28.1 Å². The molecule has 610 valence electrons. The molecule has 0 spiro atoms. The van der Waals surface area contributed by atoms with Gasteiger partial charge in [0.25, 0.3) is 0 Å². The third kappa shape index (κ3) is 12.3. The zero-order chi connectivity index (χ0) is 86.3. The van der Waals surface area contributed by atoms with E-state index in [1.165, 1.54) is 125 Å². The Morgan fingerprint density at radius 1 is 0.206 bits per heavy atom. The first-order valence-electron chi connectivity index (χ1n) is 45.1. The van der Waals surface area contributed by atoms with Gasteiger partial charge in [-0.2, -0.15) is 0 Å². The molecule has 8 heteroatoms. The molecular weight excluding hydrogens is 1590 g/mol. The van der Waals surface area contributed by atoms with Crippen molar-refractivity contribution < 1.29 is 18.3 Å². The quantitative estimate of drug-likeness (QED) is 0.0847. The molecule has 0 bridgehead atoms. The van der Waals surface area contributed by atoms with Crippen LogP contribution in [0.15, 0.2) is 464 Å². The maximum atomic E-state index is 7.13. The van der Waals surface area contributed by atoms with Crippen LogP contribution in [0.25, 0.3) is 163 Å². The zero-order valence-corrected chi connectivity index (χ0v) is 71.5. The number of hydrogen-bond donors (Lipinski definition) is 0. The largest absolute Gasteiger partial charge is 0.456 e. The number of benzene rings is 23. The second kappa shape index (κ2) is 30.7. The molecule has 23 aromatic carbocycles. The lowest BCUT2D eigenvalue weighted by Crippen LogP contribution is -2.53. The van der Waals surface area contributed by atoms with Crippen molar-refractivity contribution in [2.24, 2.45) is 0 Å². The summed E-state index contributed by atoms with van der Waals surface area (Å²) in [5.74, 6) is 3.34. The van der Waals surface area contributed by atoms with Crippen molar-refractivity contribution >= 4 is 210 Å². The van der Waals surface area contributed by atoms with Gasteiger partial charge in [0.2, 0.25) is 13.4 Å². The summed E-state index contributed by atoms with van der Waals surface area (Å²) in [5.41, 5.74) is 25.1. The van der Waals surface area contributed by atoms with E-state index in [1.807, 2.05) is 24.3 Å². The lowest BCUT2D eigenvalue weighted by molar-refractivity contribution is 0.487. The summed E-state index contributed by atoms with van der Waals surface area (Å²) in [6.07, 6.45) is 0. The van der Waals surface area contributed by atoms with Gasteiger partial charge in [0.1, 0.15) is 34.2 Å². The van der Waals surface area contributed by atoms with Crippen LogP contribution in [0.2, 0.25) is 0 Å². The molecule has 2 aliphatic rings. The third-order valence-corrected chi connectivity index (χ3v) is 27.5. The normalized spacial score (nSPS) is 12.0. The van der Waals surface area contributed by atoms with E-state index in [2.05, 4.69) is 447 Å². The fourth-order valence-electron chi connectivity index (χ4n) is 21.7. The second-order valence-electron chi connectivity index (χ2n) is 34.6. The summed E-state index contributed by atoms with van der Waals surface area (Å²) >= 11 is 0. The fourth-order valence-corrected chi connectivity index (χ4v) is 21.7. The smallest absolute Gasteiger partial charge is 0.243 e. The summed E-state index contributed by atoms with van der Waals surface area (Å²) in [6, 6.07) is 164. The highest BCUT2D eigenvalue weighted by molar-refractivity contribution is 6.99. The molecule has 0 aliphatic carbocycles. The Bertz CT molecular complexity index is 8990. The lowest BCUT2D eigenvalue weighted by Gasteiger charge is -2.30. The Morgan fingerprint density at radius 3 is 1.16 bits per heavy atom.